The summed E-state index contributed by atoms with van der Waals surface area (Å²) in [5.74, 6) is -0.440. The number of hydrogen-bond donors (Lipinski definition) is 2. The highest BCUT2D eigenvalue weighted by atomic mass is 35.5. The molecule has 0 aliphatic rings. The van der Waals surface area contributed by atoms with Gasteiger partial charge in [-0.25, -0.2) is 9.07 Å². The number of carbonyl (C=O) groups is 1. The smallest absolute Gasteiger partial charge is 0.242 e. The summed E-state index contributed by atoms with van der Waals surface area (Å²) >= 11 is 0. The van der Waals surface area contributed by atoms with Gasteiger partial charge in [-0.2, -0.15) is 10.2 Å². The fraction of sp³-hybridized carbons (Fsp3) is 0.316. The Bertz CT molecular complexity index is 936. The number of aryl methyl sites for hydroxylation is 1. The molecule has 2 aromatic heterocycles. The van der Waals surface area contributed by atoms with Gasteiger partial charge in [-0.05, 0) is 45.2 Å². The lowest BCUT2D eigenvalue weighted by Crippen LogP contribution is -2.37. The molecule has 0 spiro atoms. The van der Waals surface area contributed by atoms with Gasteiger partial charge < -0.3 is 10.6 Å². The molecule has 2 heterocycles. The van der Waals surface area contributed by atoms with Crippen LogP contribution in [-0.2, 0) is 11.8 Å². The summed E-state index contributed by atoms with van der Waals surface area (Å²) in [5.41, 5.74) is 3.34. The second-order valence-electron chi connectivity index (χ2n) is 6.47. The van der Waals surface area contributed by atoms with Gasteiger partial charge in [-0.1, -0.05) is 0 Å². The van der Waals surface area contributed by atoms with E-state index < -0.39 is 6.04 Å². The number of aromatic nitrogens is 4. The van der Waals surface area contributed by atoms with Crippen molar-refractivity contribution in [2.75, 3.05) is 7.05 Å². The van der Waals surface area contributed by atoms with Crippen LogP contribution in [0.15, 0.2) is 42.9 Å². The summed E-state index contributed by atoms with van der Waals surface area (Å²) in [4.78, 5) is 12.7. The molecule has 7 nitrogen and oxygen atoms in total. The number of halogens is 2. The van der Waals surface area contributed by atoms with Crippen molar-refractivity contribution in [3.63, 3.8) is 0 Å². The van der Waals surface area contributed by atoms with E-state index in [1.165, 1.54) is 12.1 Å². The van der Waals surface area contributed by atoms with Crippen molar-refractivity contribution in [3.05, 3.63) is 65.5 Å². The number of rotatable bonds is 6. The fourth-order valence-corrected chi connectivity index (χ4v) is 3.10. The average Bonchev–Trinajstić information content (AvgIpc) is 3.22. The van der Waals surface area contributed by atoms with Crippen molar-refractivity contribution >= 4 is 18.3 Å². The predicted molar refractivity (Wildman–Crippen MR) is 107 cm³/mol. The molecule has 0 bridgehead atoms. The highest BCUT2D eigenvalue weighted by molar-refractivity contribution is 5.85. The fourth-order valence-electron chi connectivity index (χ4n) is 3.10. The van der Waals surface area contributed by atoms with Crippen molar-refractivity contribution in [3.8, 4) is 5.69 Å². The van der Waals surface area contributed by atoms with Crippen LogP contribution in [0.4, 0.5) is 4.39 Å². The normalized spacial score (nSPS) is 12.9. The van der Waals surface area contributed by atoms with Gasteiger partial charge in [0.15, 0.2) is 0 Å². The third-order valence-electron chi connectivity index (χ3n) is 4.55. The van der Waals surface area contributed by atoms with Gasteiger partial charge in [0.2, 0.25) is 5.91 Å². The minimum Gasteiger partial charge on any atom is -0.348 e. The molecule has 0 saturated heterocycles. The predicted octanol–water partition coefficient (Wildman–Crippen LogP) is 2.61. The van der Waals surface area contributed by atoms with Crippen LogP contribution in [-0.4, -0.2) is 32.5 Å². The van der Waals surface area contributed by atoms with Crippen LogP contribution >= 0.6 is 12.4 Å². The molecule has 150 valence electrons. The van der Waals surface area contributed by atoms with E-state index in [0.29, 0.717) is 0 Å². The number of amides is 1. The molecule has 0 saturated carbocycles. The minimum absolute atomic E-state index is 0. The Morgan fingerprint density at radius 2 is 1.86 bits per heavy atom. The van der Waals surface area contributed by atoms with Gasteiger partial charge in [0.25, 0.3) is 0 Å². The first-order valence-electron chi connectivity index (χ1n) is 8.67. The molecular formula is C19H24ClFN6O. The second-order valence-corrected chi connectivity index (χ2v) is 6.47. The maximum atomic E-state index is 13.1. The van der Waals surface area contributed by atoms with E-state index in [-0.39, 0.29) is 30.2 Å². The number of hydrogen-bond acceptors (Lipinski definition) is 4. The number of nitrogens with zero attached hydrogens (tertiary/aromatic N) is 4. The lowest BCUT2D eigenvalue weighted by atomic mass is 10.1. The van der Waals surface area contributed by atoms with Crippen LogP contribution in [0.5, 0.6) is 0 Å². The molecule has 2 N–H and O–H groups in total. The van der Waals surface area contributed by atoms with Gasteiger partial charge in [0.1, 0.15) is 11.9 Å². The topological polar surface area (TPSA) is 76.8 Å². The number of nitrogens with one attached hydrogen (secondary N) is 2. The van der Waals surface area contributed by atoms with Crippen molar-refractivity contribution in [2.45, 2.75) is 25.9 Å². The summed E-state index contributed by atoms with van der Waals surface area (Å²) < 4.78 is 16.5. The van der Waals surface area contributed by atoms with Crippen LogP contribution < -0.4 is 10.6 Å². The molecule has 0 aliphatic heterocycles. The van der Waals surface area contributed by atoms with Crippen LogP contribution in [0.25, 0.3) is 5.69 Å². The molecule has 3 aromatic rings. The summed E-state index contributed by atoms with van der Waals surface area (Å²) in [6, 6.07) is 5.40. The molecule has 1 amide bonds. The highest BCUT2D eigenvalue weighted by Gasteiger charge is 2.23. The molecule has 3 rings (SSSR count). The quantitative estimate of drug-likeness (QED) is 0.659. The molecule has 9 heteroatoms. The summed E-state index contributed by atoms with van der Waals surface area (Å²) in [7, 11) is 3.55. The molecule has 2 atom stereocenters. The van der Waals surface area contributed by atoms with Gasteiger partial charge in [0.05, 0.1) is 24.1 Å². The Labute approximate surface area is 169 Å². The van der Waals surface area contributed by atoms with E-state index in [2.05, 4.69) is 20.8 Å². The molecule has 28 heavy (non-hydrogen) atoms. The van der Waals surface area contributed by atoms with Crippen LogP contribution in [0.3, 0.4) is 0 Å². The van der Waals surface area contributed by atoms with Crippen LogP contribution in [0, 0.1) is 12.7 Å². The molecular weight excluding hydrogens is 383 g/mol. The SMILES string of the molecule is CNC(C(=O)NC(C)c1cnn(-c2ccc(F)cc2)c1C)c1cnn(C)c1.Cl. The Balaban J connectivity index is 0.00000280. The first-order valence-corrected chi connectivity index (χ1v) is 8.67. The Morgan fingerprint density at radius 1 is 1.18 bits per heavy atom. The maximum absolute atomic E-state index is 13.1. The Kier molecular flexibility index (Phi) is 6.93. The van der Waals surface area contributed by atoms with E-state index in [1.807, 2.05) is 27.1 Å². The zero-order valence-corrected chi connectivity index (χ0v) is 17.0. The molecule has 1 aromatic carbocycles. The van der Waals surface area contributed by atoms with Crippen LogP contribution in [0.2, 0.25) is 0 Å². The summed E-state index contributed by atoms with van der Waals surface area (Å²) in [6.45, 7) is 3.83. The van der Waals surface area contributed by atoms with Gasteiger partial charge in [-0.15, -0.1) is 12.4 Å². The van der Waals surface area contributed by atoms with E-state index in [0.717, 1.165) is 22.5 Å². The Hall–Kier alpha value is -2.71. The number of carbonyl (C=O) groups excluding carboxylic acids is 1. The number of benzene rings is 1. The van der Waals surface area contributed by atoms with Crippen LogP contribution in [0.1, 0.15) is 35.8 Å². The zero-order chi connectivity index (χ0) is 19.6. The number of likely N-dealkylation sites (N-methyl/N-ethyl adjacent to an activating group) is 1. The Morgan fingerprint density at radius 3 is 2.43 bits per heavy atom. The zero-order valence-electron chi connectivity index (χ0n) is 16.2. The third-order valence-corrected chi connectivity index (χ3v) is 4.55. The van der Waals surface area contributed by atoms with Crippen molar-refractivity contribution in [1.82, 2.24) is 30.2 Å². The molecule has 0 aliphatic carbocycles. The van der Waals surface area contributed by atoms with E-state index >= 15 is 0 Å². The summed E-state index contributed by atoms with van der Waals surface area (Å²) in [6.07, 6.45) is 5.20. The van der Waals surface area contributed by atoms with E-state index in [9.17, 15) is 9.18 Å². The average molecular weight is 407 g/mol. The lowest BCUT2D eigenvalue weighted by Gasteiger charge is -2.19. The van der Waals surface area contributed by atoms with Gasteiger partial charge in [0, 0.05) is 30.1 Å². The summed E-state index contributed by atoms with van der Waals surface area (Å²) in [5, 5.41) is 14.5. The van der Waals surface area contributed by atoms with Crippen molar-refractivity contribution in [2.24, 2.45) is 7.05 Å². The third kappa shape index (κ3) is 4.40. The minimum atomic E-state index is -0.492. The molecule has 0 radical (unpaired) electrons. The monoisotopic (exact) mass is 406 g/mol. The molecule has 2 unspecified atom stereocenters. The van der Waals surface area contributed by atoms with E-state index in [4.69, 9.17) is 0 Å². The largest absolute Gasteiger partial charge is 0.348 e. The maximum Gasteiger partial charge on any atom is 0.242 e. The first-order chi connectivity index (χ1) is 12.9. The first kappa shape index (κ1) is 21.6. The van der Waals surface area contributed by atoms with Crippen molar-refractivity contribution in [1.29, 1.82) is 0 Å². The standard InChI is InChI=1S/C19H23FN6O.ClH/c1-12(24-19(27)18(21-3)14-9-22-25(4)11-14)17-10-23-26(13(17)2)16-7-5-15(20)6-8-16;/h5-12,18,21H,1-4H3,(H,24,27);1H. The van der Waals surface area contributed by atoms with Gasteiger partial charge >= 0.3 is 0 Å². The van der Waals surface area contributed by atoms with Crippen molar-refractivity contribution < 1.29 is 9.18 Å². The molecule has 0 fully saturated rings. The second kappa shape index (κ2) is 8.99. The van der Waals surface area contributed by atoms with Gasteiger partial charge in [-0.3, -0.25) is 9.48 Å². The highest BCUT2D eigenvalue weighted by Crippen LogP contribution is 2.21. The van der Waals surface area contributed by atoms with E-state index in [1.54, 1.807) is 40.9 Å². The lowest BCUT2D eigenvalue weighted by molar-refractivity contribution is -0.123.